The van der Waals surface area contributed by atoms with Crippen LogP contribution < -0.4 is 33.6 Å². The van der Waals surface area contributed by atoms with Gasteiger partial charge in [0.05, 0.1) is 6.54 Å². The van der Waals surface area contributed by atoms with Crippen molar-refractivity contribution in [1.29, 1.82) is 0 Å². The van der Waals surface area contributed by atoms with Gasteiger partial charge in [-0.2, -0.15) is 0 Å². The third kappa shape index (κ3) is 8.75. The standard InChI is InChI=1S/C18H32N8O6/c19-9-14(28)24-10(3-1-7-23-18(21)22)16(30)26-8-2-4-12(26)15(29)25-11(17(31)32)5-6-13(20)27/h10-12H,1-9,19H2,(H2,20,27)(H,24,28)(H,25,29)(H,31,32)(H4,21,22,23). The van der Waals surface area contributed by atoms with E-state index in [1.807, 2.05) is 0 Å². The smallest absolute Gasteiger partial charge is 0.326 e. The maximum Gasteiger partial charge on any atom is 0.326 e. The topological polar surface area (TPSA) is 249 Å². The van der Waals surface area contributed by atoms with E-state index in [-0.39, 0.29) is 44.9 Å². The molecule has 4 amide bonds. The van der Waals surface area contributed by atoms with Crippen LogP contribution in [0.4, 0.5) is 0 Å². The molecule has 1 aliphatic heterocycles. The first-order valence-electron chi connectivity index (χ1n) is 10.2. The zero-order valence-electron chi connectivity index (χ0n) is 17.8. The second-order valence-corrected chi connectivity index (χ2v) is 7.37. The third-order valence-corrected chi connectivity index (χ3v) is 4.90. The van der Waals surface area contributed by atoms with Gasteiger partial charge in [0.2, 0.25) is 23.6 Å². The van der Waals surface area contributed by atoms with Crippen LogP contribution in [0, 0.1) is 0 Å². The number of carboxylic acids is 1. The number of nitrogens with two attached hydrogens (primary N) is 4. The fraction of sp³-hybridized carbons (Fsp3) is 0.667. The summed E-state index contributed by atoms with van der Waals surface area (Å²) in [5.74, 6) is -3.79. The lowest BCUT2D eigenvalue weighted by atomic mass is 10.1. The van der Waals surface area contributed by atoms with Gasteiger partial charge in [0, 0.05) is 19.5 Å². The van der Waals surface area contributed by atoms with Crippen molar-refractivity contribution in [1.82, 2.24) is 15.5 Å². The van der Waals surface area contributed by atoms with E-state index in [9.17, 15) is 29.1 Å². The van der Waals surface area contributed by atoms with Crippen molar-refractivity contribution < 1.29 is 29.1 Å². The quantitative estimate of drug-likeness (QED) is 0.0817. The molecule has 0 radical (unpaired) electrons. The Morgan fingerprint density at radius 2 is 1.75 bits per heavy atom. The molecule has 0 bridgehead atoms. The molecule has 1 fully saturated rings. The Kier molecular flexibility index (Phi) is 10.9. The van der Waals surface area contributed by atoms with Crippen LogP contribution in [-0.4, -0.2) is 83.3 Å². The Hall–Kier alpha value is -3.42. The minimum absolute atomic E-state index is 0.0977. The molecule has 1 aliphatic rings. The number of hydrogen-bond acceptors (Lipinski definition) is 7. The Balaban J connectivity index is 2.87. The van der Waals surface area contributed by atoms with E-state index in [4.69, 9.17) is 22.9 Å². The van der Waals surface area contributed by atoms with Crippen LogP contribution in [0.3, 0.4) is 0 Å². The number of hydrogen-bond donors (Lipinski definition) is 7. The van der Waals surface area contributed by atoms with Crippen LogP contribution in [0.1, 0.15) is 38.5 Å². The number of nitrogens with one attached hydrogen (secondary N) is 2. The average Bonchev–Trinajstić information content (AvgIpc) is 3.21. The van der Waals surface area contributed by atoms with Gasteiger partial charge in [-0.05, 0) is 32.1 Å². The number of guanidine groups is 1. The fourth-order valence-electron chi connectivity index (χ4n) is 3.33. The number of rotatable bonds is 13. The van der Waals surface area contributed by atoms with Gasteiger partial charge >= 0.3 is 5.97 Å². The van der Waals surface area contributed by atoms with Gasteiger partial charge < -0.3 is 43.6 Å². The van der Waals surface area contributed by atoms with Crippen LogP contribution in [-0.2, 0) is 24.0 Å². The number of aliphatic imine (C=N–C) groups is 1. The van der Waals surface area contributed by atoms with Gasteiger partial charge in [0.1, 0.15) is 18.1 Å². The van der Waals surface area contributed by atoms with Crippen LogP contribution >= 0.6 is 0 Å². The predicted molar refractivity (Wildman–Crippen MR) is 114 cm³/mol. The summed E-state index contributed by atoms with van der Waals surface area (Å²) in [6.45, 7) is 0.190. The molecule has 1 saturated heterocycles. The Morgan fingerprint density at radius 1 is 1.06 bits per heavy atom. The molecule has 1 rings (SSSR count). The normalized spacial score (nSPS) is 17.2. The number of amides is 4. The van der Waals surface area contributed by atoms with Gasteiger partial charge in [-0.1, -0.05) is 0 Å². The van der Waals surface area contributed by atoms with Gasteiger partial charge in [-0.3, -0.25) is 24.2 Å². The molecule has 0 aliphatic carbocycles. The average molecular weight is 457 g/mol. The molecule has 14 heteroatoms. The maximum atomic E-state index is 13.1. The van der Waals surface area contributed by atoms with Gasteiger partial charge in [-0.15, -0.1) is 0 Å². The summed E-state index contributed by atoms with van der Waals surface area (Å²) in [5.41, 5.74) is 20.9. The minimum atomic E-state index is -1.32. The van der Waals surface area contributed by atoms with Crippen LogP contribution in [0.2, 0.25) is 0 Å². The predicted octanol–water partition coefficient (Wildman–Crippen LogP) is -3.69. The lowest BCUT2D eigenvalue weighted by Crippen LogP contribution is -2.55. The van der Waals surface area contributed by atoms with E-state index in [0.717, 1.165) is 0 Å². The molecule has 14 nitrogen and oxygen atoms in total. The molecule has 0 aromatic heterocycles. The molecule has 0 saturated carbocycles. The number of primary amides is 1. The van der Waals surface area contributed by atoms with Gasteiger partial charge in [0.15, 0.2) is 5.96 Å². The van der Waals surface area contributed by atoms with E-state index in [1.54, 1.807) is 0 Å². The molecule has 32 heavy (non-hydrogen) atoms. The molecule has 3 atom stereocenters. The van der Waals surface area contributed by atoms with Crippen molar-refractivity contribution in [3.63, 3.8) is 0 Å². The van der Waals surface area contributed by atoms with Crippen molar-refractivity contribution in [2.24, 2.45) is 27.9 Å². The SMILES string of the molecule is NCC(=O)NC(CCCN=C(N)N)C(=O)N1CCCC1C(=O)NC(CCC(N)=O)C(=O)O. The van der Waals surface area contributed by atoms with Crippen molar-refractivity contribution in [3.8, 4) is 0 Å². The zero-order chi connectivity index (χ0) is 24.3. The summed E-state index contributed by atoms with van der Waals surface area (Å²) in [6, 6.07) is -3.17. The summed E-state index contributed by atoms with van der Waals surface area (Å²) in [6.07, 6.45) is 1.06. The highest BCUT2D eigenvalue weighted by Crippen LogP contribution is 2.20. The molecule has 1 heterocycles. The van der Waals surface area contributed by atoms with Crippen LogP contribution in [0.25, 0.3) is 0 Å². The van der Waals surface area contributed by atoms with E-state index < -0.39 is 47.7 Å². The molecule has 3 unspecified atom stereocenters. The zero-order valence-corrected chi connectivity index (χ0v) is 17.8. The van der Waals surface area contributed by atoms with E-state index >= 15 is 0 Å². The molecule has 0 aromatic carbocycles. The van der Waals surface area contributed by atoms with Crippen molar-refractivity contribution in [2.75, 3.05) is 19.6 Å². The molecule has 11 N–H and O–H groups in total. The van der Waals surface area contributed by atoms with Crippen LogP contribution in [0.5, 0.6) is 0 Å². The van der Waals surface area contributed by atoms with Crippen molar-refractivity contribution in [2.45, 2.75) is 56.7 Å². The second kappa shape index (κ2) is 13.1. The molecule has 0 aromatic rings. The lowest BCUT2D eigenvalue weighted by molar-refractivity contribution is -0.145. The summed E-state index contributed by atoms with van der Waals surface area (Å²) in [7, 11) is 0. The maximum absolute atomic E-state index is 13.1. The summed E-state index contributed by atoms with van der Waals surface area (Å²) < 4.78 is 0. The number of carbonyl (C=O) groups is 5. The molecule has 180 valence electrons. The highest BCUT2D eigenvalue weighted by Gasteiger charge is 2.38. The van der Waals surface area contributed by atoms with Gasteiger partial charge in [-0.25, -0.2) is 4.79 Å². The number of likely N-dealkylation sites (tertiary alicyclic amines) is 1. The number of aliphatic carboxylic acids is 1. The Morgan fingerprint density at radius 3 is 2.31 bits per heavy atom. The van der Waals surface area contributed by atoms with Crippen molar-refractivity contribution in [3.05, 3.63) is 0 Å². The van der Waals surface area contributed by atoms with Crippen molar-refractivity contribution >= 4 is 35.6 Å². The Bertz CT molecular complexity index is 739. The number of nitrogens with zero attached hydrogens (tertiary/aromatic N) is 2. The second-order valence-electron chi connectivity index (χ2n) is 7.37. The highest BCUT2D eigenvalue weighted by molar-refractivity contribution is 5.94. The first kappa shape index (κ1) is 26.6. The third-order valence-electron chi connectivity index (χ3n) is 4.90. The largest absolute Gasteiger partial charge is 0.480 e. The minimum Gasteiger partial charge on any atom is -0.480 e. The summed E-state index contributed by atoms with van der Waals surface area (Å²) in [4.78, 5) is 65.1. The first-order valence-corrected chi connectivity index (χ1v) is 10.2. The molecular weight excluding hydrogens is 424 g/mol. The van der Waals surface area contributed by atoms with E-state index in [1.165, 1.54) is 4.90 Å². The van der Waals surface area contributed by atoms with E-state index in [2.05, 4.69) is 15.6 Å². The van der Waals surface area contributed by atoms with E-state index in [0.29, 0.717) is 19.3 Å². The highest BCUT2D eigenvalue weighted by atomic mass is 16.4. The monoisotopic (exact) mass is 456 g/mol. The summed E-state index contributed by atoms with van der Waals surface area (Å²) in [5, 5.41) is 14.2. The first-order chi connectivity index (χ1) is 15.1. The number of carboxylic acid groups (broad SMARTS) is 1. The summed E-state index contributed by atoms with van der Waals surface area (Å²) >= 11 is 0. The number of carbonyl (C=O) groups excluding carboxylic acids is 4. The van der Waals surface area contributed by atoms with Gasteiger partial charge in [0.25, 0.3) is 0 Å². The van der Waals surface area contributed by atoms with Crippen LogP contribution in [0.15, 0.2) is 4.99 Å². The molecular formula is C18H32N8O6. The Labute approximate surface area is 185 Å². The fourth-order valence-corrected chi connectivity index (χ4v) is 3.33. The lowest BCUT2D eigenvalue weighted by Gasteiger charge is -2.29. The molecule has 0 spiro atoms.